The third kappa shape index (κ3) is 2.53. The van der Waals surface area contributed by atoms with E-state index in [-0.39, 0.29) is 5.78 Å². The third-order valence-electron chi connectivity index (χ3n) is 4.15. The number of ketones is 1. The van der Waals surface area contributed by atoms with Crippen LogP contribution in [0.15, 0.2) is 42.5 Å². The van der Waals surface area contributed by atoms with E-state index in [0.29, 0.717) is 0 Å². The summed E-state index contributed by atoms with van der Waals surface area (Å²) in [6.07, 6.45) is 0. The molecule has 0 spiro atoms. The minimum atomic E-state index is -0.506. The highest BCUT2D eigenvalue weighted by Crippen LogP contribution is 2.29. The minimum Gasteiger partial charge on any atom is -0.293 e. The second-order valence-electron chi connectivity index (χ2n) is 6.07. The van der Waals surface area contributed by atoms with Gasteiger partial charge in [-0.25, -0.2) is 0 Å². The number of rotatable bonds is 3. The molecule has 1 heteroatoms. The largest absolute Gasteiger partial charge is 0.293 e. The third-order valence-corrected chi connectivity index (χ3v) is 4.15. The van der Waals surface area contributed by atoms with Gasteiger partial charge in [0, 0.05) is 5.56 Å². The Morgan fingerprint density at radius 3 is 2.00 bits per heavy atom. The standard InChI is InChI=1S/C19H22O/c1-13-11-15(3)17(12-14(13)2)18(20)19(4,5)16-9-7-6-8-10-16/h6-12H,1-5H3. The van der Waals surface area contributed by atoms with E-state index in [9.17, 15) is 4.79 Å². The molecule has 0 saturated heterocycles. The van der Waals surface area contributed by atoms with Crippen LogP contribution in [-0.2, 0) is 5.41 Å². The second kappa shape index (κ2) is 5.24. The molecule has 0 aliphatic rings. The van der Waals surface area contributed by atoms with Crippen LogP contribution in [0.1, 0.15) is 46.5 Å². The summed E-state index contributed by atoms with van der Waals surface area (Å²) < 4.78 is 0. The van der Waals surface area contributed by atoms with Crippen molar-refractivity contribution in [3.63, 3.8) is 0 Å². The van der Waals surface area contributed by atoms with E-state index in [1.54, 1.807) is 0 Å². The van der Waals surface area contributed by atoms with E-state index in [0.717, 1.165) is 16.7 Å². The molecule has 2 rings (SSSR count). The maximum absolute atomic E-state index is 13.0. The Bertz CT molecular complexity index is 636. The first-order chi connectivity index (χ1) is 9.34. The van der Waals surface area contributed by atoms with E-state index in [1.165, 1.54) is 11.1 Å². The van der Waals surface area contributed by atoms with Crippen molar-refractivity contribution in [2.45, 2.75) is 40.0 Å². The van der Waals surface area contributed by atoms with E-state index in [1.807, 2.05) is 57.2 Å². The summed E-state index contributed by atoms with van der Waals surface area (Å²) in [6, 6.07) is 14.1. The number of hydrogen-bond acceptors (Lipinski definition) is 1. The van der Waals surface area contributed by atoms with Crippen LogP contribution < -0.4 is 0 Å². The van der Waals surface area contributed by atoms with Crippen LogP contribution in [-0.4, -0.2) is 5.78 Å². The Hall–Kier alpha value is -1.89. The fourth-order valence-electron chi connectivity index (χ4n) is 2.53. The van der Waals surface area contributed by atoms with Crippen molar-refractivity contribution in [1.82, 2.24) is 0 Å². The molecule has 0 radical (unpaired) electrons. The van der Waals surface area contributed by atoms with E-state index < -0.39 is 5.41 Å². The van der Waals surface area contributed by atoms with Gasteiger partial charge in [-0.05, 0) is 62.9 Å². The van der Waals surface area contributed by atoms with Crippen molar-refractivity contribution in [3.05, 3.63) is 70.3 Å². The number of aryl methyl sites for hydroxylation is 3. The zero-order valence-electron chi connectivity index (χ0n) is 12.9. The molecular formula is C19H22O. The fraction of sp³-hybridized carbons (Fsp3) is 0.316. The lowest BCUT2D eigenvalue weighted by Gasteiger charge is -2.25. The van der Waals surface area contributed by atoms with Crippen molar-refractivity contribution in [2.24, 2.45) is 0 Å². The first kappa shape index (κ1) is 14.5. The Balaban J connectivity index is 2.49. The number of carbonyl (C=O) groups is 1. The number of Topliss-reactive ketones (excluding diaryl/α,β-unsaturated/α-hetero) is 1. The highest BCUT2D eigenvalue weighted by molar-refractivity contribution is 6.04. The van der Waals surface area contributed by atoms with Crippen molar-refractivity contribution in [1.29, 1.82) is 0 Å². The maximum Gasteiger partial charge on any atom is 0.173 e. The van der Waals surface area contributed by atoms with Crippen LogP contribution in [0, 0.1) is 20.8 Å². The summed E-state index contributed by atoms with van der Waals surface area (Å²) in [5.74, 6) is 0.185. The molecule has 2 aromatic carbocycles. The average Bonchev–Trinajstić information content (AvgIpc) is 2.43. The maximum atomic E-state index is 13.0. The monoisotopic (exact) mass is 266 g/mol. The van der Waals surface area contributed by atoms with Gasteiger partial charge in [0.25, 0.3) is 0 Å². The molecule has 0 heterocycles. The lowest BCUT2D eigenvalue weighted by molar-refractivity contribution is 0.0908. The predicted molar refractivity (Wildman–Crippen MR) is 84.5 cm³/mol. The first-order valence-electron chi connectivity index (χ1n) is 7.02. The smallest absolute Gasteiger partial charge is 0.173 e. The fourth-order valence-corrected chi connectivity index (χ4v) is 2.53. The molecule has 2 aromatic rings. The molecule has 0 bridgehead atoms. The summed E-state index contributed by atoms with van der Waals surface area (Å²) in [5, 5.41) is 0. The molecule has 0 amide bonds. The molecule has 0 aliphatic heterocycles. The molecule has 0 unspecified atom stereocenters. The molecule has 0 atom stereocenters. The highest BCUT2D eigenvalue weighted by Gasteiger charge is 2.31. The zero-order chi connectivity index (χ0) is 14.9. The molecule has 0 aromatic heterocycles. The van der Waals surface area contributed by atoms with Gasteiger partial charge in [0.05, 0.1) is 5.41 Å². The average molecular weight is 266 g/mol. The van der Waals surface area contributed by atoms with Crippen LogP contribution in [0.2, 0.25) is 0 Å². The Morgan fingerprint density at radius 2 is 1.40 bits per heavy atom. The molecule has 20 heavy (non-hydrogen) atoms. The summed E-state index contributed by atoms with van der Waals surface area (Å²) >= 11 is 0. The molecular weight excluding hydrogens is 244 g/mol. The van der Waals surface area contributed by atoms with Gasteiger partial charge < -0.3 is 0 Å². The molecule has 104 valence electrons. The van der Waals surface area contributed by atoms with Gasteiger partial charge in [-0.15, -0.1) is 0 Å². The van der Waals surface area contributed by atoms with Gasteiger partial charge in [-0.1, -0.05) is 36.4 Å². The quantitative estimate of drug-likeness (QED) is 0.731. The number of carbonyl (C=O) groups excluding carboxylic acids is 1. The van der Waals surface area contributed by atoms with Crippen molar-refractivity contribution < 1.29 is 4.79 Å². The van der Waals surface area contributed by atoms with Crippen molar-refractivity contribution >= 4 is 5.78 Å². The van der Waals surface area contributed by atoms with Gasteiger partial charge in [0.2, 0.25) is 0 Å². The van der Waals surface area contributed by atoms with Gasteiger partial charge in [0.1, 0.15) is 0 Å². The molecule has 0 fully saturated rings. The molecule has 1 nitrogen and oxygen atoms in total. The predicted octanol–water partition coefficient (Wildman–Crippen LogP) is 4.77. The minimum absolute atomic E-state index is 0.185. The van der Waals surface area contributed by atoms with Gasteiger partial charge in [-0.3, -0.25) is 4.79 Å². The summed E-state index contributed by atoms with van der Waals surface area (Å²) in [7, 11) is 0. The Morgan fingerprint density at radius 1 is 0.850 bits per heavy atom. The van der Waals surface area contributed by atoms with Crippen LogP contribution in [0.3, 0.4) is 0 Å². The van der Waals surface area contributed by atoms with Crippen LogP contribution >= 0.6 is 0 Å². The SMILES string of the molecule is Cc1cc(C)c(C(=O)C(C)(C)c2ccccc2)cc1C. The second-order valence-corrected chi connectivity index (χ2v) is 6.07. The van der Waals surface area contributed by atoms with Crippen LogP contribution in [0.25, 0.3) is 0 Å². The lowest BCUT2D eigenvalue weighted by Crippen LogP contribution is -2.29. The molecule has 0 aliphatic carbocycles. The van der Waals surface area contributed by atoms with Crippen LogP contribution in [0.5, 0.6) is 0 Å². The zero-order valence-corrected chi connectivity index (χ0v) is 12.9. The van der Waals surface area contributed by atoms with E-state index in [4.69, 9.17) is 0 Å². The topological polar surface area (TPSA) is 17.1 Å². The van der Waals surface area contributed by atoms with Crippen molar-refractivity contribution in [2.75, 3.05) is 0 Å². The number of benzene rings is 2. The summed E-state index contributed by atoms with van der Waals surface area (Å²) in [5.41, 5.74) is 4.85. The lowest BCUT2D eigenvalue weighted by atomic mass is 9.76. The van der Waals surface area contributed by atoms with Gasteiger partial charge >= 0.3 is 0 Å². The summed E-state index contributed by atoms with van der Waals surface area (Å²) in [4.78, 5) is 13.0. The highest BCUT2D eigenvalue weighted by atomic mass is 16.1. The Labute approximate surface area is 121 Å². The normalized spacial score (nSPS) is 11.4. The first-order valence-corrected chi connectivity index (χ1v) is 7.02. The molecule has 0 N–H and O–H groups in total. The van der Waals surface area contributed by atoms with Crippen molar-refractivity contribution in [3.8, 4) is 0 Å². The summed E-state index contributed by atoms with van der Waals surface area (Å²) in [6.45, 7) is 10.2. The van der Waals surface area contributed by atoms with E-state index >= 15 is 0 Å². The van der Waals surface area contributed by atoms with Gasteiger partial charge in [0.15, 0.2) is 5.78 Å². The molecule has 0 saturated carbocycles. The number of hydrogen-bond donors (Lipinski definition) is 0. The van der Waals surface area contributed by atoms with Gasteiger partial charge in [-0.2, -0.15) is 0 Å². The van der Waals surface area contributed by atoms with Crippen LogP contribution in [0.4, 0.5) is 0 Å². The Kier molecular flexibility index (Phi) is 3.80. The van der Waals surface area contributed by atoms with E-state index in [2.05, 4.69) is 19.9 Å².